The summed E-state index contributed by atoms with van der Waals surface area (Å²) < 4.78 is 34.2. The Bertz CT molecular complexity index is 476. The van der Waals surface area contributed by atoms with Gasteiger partial charge in [-0.2, -0.15) is 31.3 Å². The van der Waals surface area contributed by atoms with Crippen LogP contribution in [-0.4, -0.2) is 49.3 Å². The zero-order valence-electron chi connectivity index (χ0n) is 25.5. The van der Waals surface area contributed by atoms with Crippen LogP contribution in [0.3, 0.4) is 0 Å². The predicted molar refractivity (Wildman–Crippen MR) is 148 cm³/mol. The van der Waals surface area contributed by atoms with Gasteiger partial charge in [-0.1, -0.05) is 55.4 Å². The predicted octanol–water partition coefficient (Wildman–Crippen LogP) is -4.49. The molecule has 43 heavy (non-hydrogen) atoms. The maximum atomic E-state index is 8.55. The summed E-state index contributed by atoms with van der Waals surface area (Å²) in [5, 5.41) is 0. The first kappa shape index (κ1) is 77.0. The fourth-order valence-electron chi connectivity index (χ4n) is 1.000. The van der Waals surface area contributed by atoms with Crippen LogP contribution in [0, 0.1) is 0 Å². The van der Waals surface area contributed by atoms with Gasteiger partial charge in [-0.15, -0.1) is 34.3 Å². The largest absolute Gasteiger partial charge is 4.00 e. The Hall–Kier alpha value is 4.30. The third kappa shape index (κ3) is 600. The van der Waals surface area contributed by atoms with E-state index in [0.29, 0.717) is 0 Å². The van der Waals surface area contributed by atoms with Gasteiger partial charge in [0.1, 0.15) is 0 Å². The summed E-state index contributed by atoms with van der Waals surface area (Å²) in [6.07, 6.45) is 11.0. The van der Waals surface area contributed by atoms with Crippen LogP contribution < -0.4 is 58.7 Å². The topological polar surface area (TPSA) is 345 Å². The van der Waals surface area contributed by atoms with E-state index >= 15 is 0 Å². The molecule has 0 aliphatic heterocycles. The van der Waals surface area contributed by atoms with Crippen LogP contribution in [-0.2, 0) is 83.4 Å². The molecule has 0 saturated heterocycles. The first-order valence-corrected chi connectivity index (χ1v) is 22.9. The Kier molecular flexibility index (Phi) is 105. The molecule has 0 radical (unpaired) electrons. The van der Waals surface area contributed by atoms with Crippen LogP contribution in [0.5, 0.6) is 0 Å². The first-order valence-electron chi connectivity index (χ1n) is 11.4. The molecule has 0 amide bonds. The van der Waals surface area contributed by atoms with E-state index in [1.54, 1.807) is 0 Å². The molecule has 0 spiro atoms. The summed E-state index contributed by atoms with van der Waals surface area (Å²) in [4.78, 5) is 103. The maximum Gasteiger partial charge on any atom is 4.00 e. The van der Waals surface area contributed by atoms with E-state index in [1.165, 1.54) is 83.6 Å². The van der Waals surface area contributed by atoms with Crippen LogP contribution in [0.2, 0.25) is 0 Å². The van der Waals surface area contributed by atoms with E-state index in [-0.39, 0.29) is 65.2 Å². The summed E-state index contributed by atoms with van der Waals surface area (Å²) in [7, 11) is -16.8. The van der Waals surface area contributed by atoms with Crippen LogP contribution in [0.4, 0.5) is 0 Å². The van der Waals surface area contributed by atoms with Crippen molar-refractivity contribution in [2.45, 2.75) is 55.4 Å². The molecular formula is C16H44O16P8Ti3. The molecule has 0 heterocycles. The van der Waals surface area contributed by atoms with Gasteiger partial charge in [0.15, 0.2) is 0 Å². The Morgan fingerprint density at radius 1 is 0.302 bits per heavy atom. The van der Waals surface area contributed by atoms with Crippen molar-refractivity contribution in [1.82, 2.24) is 0 Å². The van der Waals surface area contributed by atoms with E-state index in [4.69, 9.17) is 77.0 Å². The molecule has 0 fully saturated rings. The normalized spacial score (nSPS) is 9.40. The van der Waals surface area contributed by atoms with Crippen molar-refractivity contribution >= 4 is 65.6 Å². The zero-order valence-corrected chi connectivity index (χ0v) is 37.7. The van der Waals surface area contributed by atoms with Gasteiger partial charge in [0.25, 0.3) is 0 Å². The molecule has 256 valence electrons. The smallest absolute Gasteiger partial charge is 0.822 e. The summed E-state index contributed by atoms with van der Waals surface area (Å²) in [6, 6.07) is 0. The minimum atomic E-state index is -5.39. The Morgan fingerprint density at radius 3 is 0.349 bits per heavy atom. The van der Waals surface area contributed by atoms with Crippen molar-refractivity contribution in [1.29, 1.82) is 0 Å². The summed E-state index contributed by atoms with van der Waals surface area (Å²) in [5.41, 5.74) is 0. The molecule has 0 aromatic carbocycles. The van der Waals surface area contributed by atoms with Crippen molar-refractivity contribution in [2.24, 2.45) is 0 Å². The van der Waals surface area contributed by atoms with Gasteiger partial charge in [-0.05, 0) is 49.3 Å². The first-order chi connectivity index (χ1) is 17.7. The molecule has 0 aromatic rings. The molecule has 0 rings (SSSR count). The van der Waals surface area contributed by atoms with Crippen LogP contribution >= 0.6 is 65.6 Å². The van der Waals surface area contributed by atoms with E-state index in [9.17, 15) is 0 Å². The minimum absolute atomic E-state index is 0. The Balaban J connectivity index is -0.0000000299. The van der Waals surface area contributed by atoms with Gasteiger partial charge in [-0.3, -0.25) is 0 Å². The van der Waals surface area contributed by atoms with Crippen LogP contribution in [0.15, 0.2) is 0 Å². The van der Waals surface area contributed by atoms with Crippen LogP contribution in [0.25, 0.3) is 0 Å². The molecule has 0 atom stereocenters. The van der Waals surface area contributed by atoms with Crippen LogP contribution in [0.1, 0.15) is 55.4 Å². The van der Waals surface area contributed by atoms with Gasteiger partial charge in [0.2, 0.25) is 0 Å². The van der Waals surface area contributed by atoms with Crippen molar-refractivity contribution < 1.29 is 142 Å². The quantitative estimate of drug-likeness (QED) is 0.164. The second-order valence-corrected chi connectivity index (χ2v) is 16.9. The number of hydrogen-bond donors (Lipinski definition) is 0. The number of hydrogen-bond acceptors (Lipinski definition) is 16. The third-order valence-electron chi connectivity index (χ3n) is 2.00. The van der Waals surface area contributed by atoms with E-state index in [0.717, 1.165) is 0 Å². The van der Waals surface area contributed by atoms with E-state index < -0.39 is 31.3 Å². The molecule has 0 unspecified atom stereocenters. The van der Waals surface area contributed by atoms with Crippen molar-refractivity contribution in [3.05, 3.63) is 0 Å². The Labute approximate surface area is 310 Å². The van der Waals surface area contributed by atoms with E-state index in [1.807, 2.05) is 0 Å². The fraction of sp³-hybridized carbons (Fsp3) is 1.00. The van der Waals surface area contributed by atoms with Gasteiger partial charge in [0, 0.05) is 0 Å². The van der Waals surface area contributed by atoms with Crippen molar-refractivity contribution in [3.8, 4) is 0 Å². The number of rotatable bonds is 8. The average Bonchev–Trinajstić information content (AvgIpc) is 2.67. The second-order valence-electron chi connectivity index (χ2n) is 5.62. The molecule has 0 aliphatic rings. The van der Waals surface area contributed by atoms with Gasteiger partial charge < -0.3 is 77.0 Å². The summed E-state index contributed by atoms with van der Waals surface area (Å²) in [5.74, 6) is 0. The van der Waals surface area contributed by atoms with Gasteiger partial charge >= 0.3 is 65.2 Å². The molecule has 0 saturated carbocycles. The monoisotopic (exact) mass is 884 g/mol. The van der Waals surface area contributed by atoms with Crippen molar-refractivity contribution in [3.63, 3.8) is 0 Å². The summed E-state index contributed by atoms with van der Waals surface area (Å²) in [6.45, 7) is 17.8. The number of phosphoric acid groups is 4. The van der Waals surface area contributed by atoms with Gasteiger partial charge in [-0.25, -0.2) is 0 Å². The third-order valence-corrected chi connectivity index (χ3v) is 6.00. The molecule has 27 heteroatoms. The molecule has 16 nitrogen and oxygen atoms in total. The molecule has 0 N–H and O–H groups in total. The molecule has 0 aromatic heterocycles. The molecule has 0 bridgehead atoms. The fourth-order valence-corrected chi connectivity index (χ4v) is 3.00. The second kappa shape index (κ2) is 58.5. The molecule has 0 aliphatic carbocycles. The minimum Gasteiger partial charge on any atom is -0.822 e. The van der Waals surface area contributed by atoms with Gasteiger partial charge in [0.05, 0.1) is 0 Å². The standard InChI is InChI=1S/4C4H11P.4H3O4P.3Ti/c4*1-3-5-4-2;4*1-5(2,3)4;;;/h4*5H,3-4H2,1-2H3;4*(H3,1,2,3,4);;;/q;;;;;;;;3*+4/p-12. The Morgan fingerprint density at radius 2 is 0.349 bits per heavy atom. The molecular weight excluding hydrogens is 840 g/mol. The average molecular weight is 884 g/mol. The SMILES string of the molecule is CCPCC.CCPCC.CCPCC.CCPCC.O=P([O-])([O-])[O-].O=P([O-])([O-])[O-].O=P([O-])([O-])[O-].O=P([O-])([O-])[O-].[Ti+4].[Ti+4].[Ti+4]. The zero-order chi connectivity index (χ0) is 34.5. The van der Waals surface area contributed by atoms with Crippen molar-refractivity contribution in [2.75, 3.05) is 49.3 Å². The van der Waals surface area contributed by atoms with E-state index in [2.05, 4.69) is 55.4 Å². The summed E-state index contributed by atoms with van der Waals surface area (Å²) >= 11 is 0. The maximum absolute atomic E-state index is 8.55.